The van der Waals surface area contributed by atoms with Gasteiger partial charge in [0.15, 0.2) is 0 Å². The largest absolute Gasteiger partial charge is 0.358 e. The van der Waals surface area contributed by atoms with Gasteiger partial charge in [0.25, 0.3) is 0 Å². The first kappa shape index (κ1) is 15.2. The summed E-state index contributed by atoms with van der Waals surface area (Å²) >= 11 is 0. The predicted molar refractivity (Wildman–Crippen MR) is 75.7 cm³/mol. The van der Waals surface area contributed by atoms with Gasteiger partial charge in [0.05, 0.1) is 0 Å². The van der Waals surface area contributed by atoms with Crippen LogP contribution in [0.1, 0.15) is 32.2 Å². The lowest BCUT2D eigenvalue weighted by Crippen LogP contribution is -2.41. The molecular weight excluding hydrogens is 244 g/mol. The van der Waals surface area contributed by atoms with Gasteiger partial charge < -0.3 is 16.1 Å². The Morgan fingerprint density at radius 1 is 1.16 bits per heavy atom. The summed E-state index contributed by atoms with van der Waals surface area (Å²) in [4.78, 5) is 20.3. The molecule has 0 aliphatic heterocycles. The smallest absolute Gasteiger partial charge is 0.242 e. The van der Waals surface area contributed by atoms with Crippen LogP contribution in [0.25, 0.3) is 0 Å². The third-order valence-electron chi connectivity index (χ3n) is 2.57. The Balaban J connectivity index is 2.87. The molecule has 7 heteroatoms. The number of hydrogen-bond acceptors (Lipinski definition) is 6. The molecule has 106 valence electrons. The van der Waals surface area contributed by atoms with Crippen molar-refractivity contribution in [1.29, 1.82) is 0 Å². The van der Waals surface area contributed by atoms with Crippen LogP contribution in [0, 0.1) is 13.8 Å². The Kier molecular flexibility index (Phi) is 5.05. The third-order valence-corrected chi connectivity index (χ3v) is 2.57. The van der Waals surface area contributed by atoms with Crippen LogP contribution in [0.4, 0.5) is 11.6 Å². The van der Waals surface area contributed by atoms with E-state index in [1.165, 1.54) is 0 Å². The molecule has 1 unspecified atom stereocenters. The molecule has 0 fully saturated rings. The number of nitrogens with one attached hydrogen (secondary N) is 3. The molecule has 0 aromatic carbocycles. The van der Waals surface area contributed by atoms with E-state index in [2.05, 4.69) is 26.0 Å². The summed E-state index contributed by atoms with van der Waals surface area (Å²) in [7, 11) is 0. The maximum atomic E-state index is 11.9. The Labute approximate surface area is 113 Å². The average Bonchev–Trinajstić information content (AvgIpc) is 2.32. The van der Waals surface area contributed by atoms with Gasteiger partial charge in [-0.15, -0.1) is 0 Å². The molecule has 0 bridgehead atoms. The number of carbonyl (C=O) groups excluding carboxylic acids is 1. The summed E-state index contributed by atoms with van der Waals surface area (Å²) in [6.45, 7) is 9.22. The molecule has 0 aliphatic rings. The van der Waals surface area contributed by atoms with Crippen LogP contribution in [-0.2, 0) is 4.79 Å². The molecule has 1 heterocycles. The lowest BCUT2D eigenvalue weighted by Gasteiger charge is -2.18. The summed E-state index contributed by atoms with van der Waals surface area (Å²) in [5.74, 6) is 7.05. The van der Waals surface area contributed by atoms with Gasteiger partial charge in [0, 0.05) is 11.6 Å². The Bertz CT molecular complexity index is 460. The molecule has 0 radical (unpaired) electrons. The van der Waals surface area contributed by atoms with E-state index in [1.54, 1.807) is 13.8 Å². The zero-order chi connectivity index (χ0) is 14.6. The Morgan fingerprint density at radius 2 is 1.74 bits per heavy atom. The highest BCUT2D eigenvalue weighted by atomic mass is 16.2. The van der Waals surface area contributed by atoms with Gasteiger partial charge >= 0.3 is 0 Å². The fourth-order valence-electron chi connectivity index (χ4n) is 1.59. The molecule has 0 aliphatic carbocycles. The van der Waals surface area contributed by atoms with Crippen LogP contribution in [0.2, 0.25) is 0 Å². The van der Waals surface area contributed by atoms with E-state index in [0.717, 1.165) is 5.56 Å². The number of hydrogen-bond donors (Lipinski definition) is 4. The zero-order valence-electron chi connectivity index (χ0n) is 12.0. The van der Waals surface area contributed by atoms with Crippen molar-refractivity contribution in [2.24, 2.45) is 5.84 Å². The fourth-order valence-corrected chi connectivity index (χ4v) is 1.59. The van der Waals surface area contributed by atoms with Crippen molar-refractivity contribution in [1.82, 2.24) is 15.3 Å². The van der Waals surface area contributed by atoms with Crippen LogP contribution in [0.5, 0.6) is 0 Å². The summed E-state index contributed by atoms with van der Waals surface area (Å²) in [5.41, 5.74) is 3.29. The van der Waals surface area contributed by atoms with E-state index in [1.807, 2.05) is 20.8 Å². The number of nitrogens with two attached hydrogens (primary N) is 1. The van der Waals surface area contributed by atoms with E-state index >= 15 is 0 Å². The predicted octanol–water partition coefficient (Wildman–Crippen LogP) is 0.704. The Hall–Kier alpha value is -1.89. The molecule has 1 rings (SSSR count). The van der Waals surface area contributed by atoms with Gasteiger partial charge in [-0.3, -0.25) is 4.79 Å². The minimum Gasteiger partial charge on any atom is -0.358 e. The van der Waals surface area contributed by atoms with Gasteiger partial charge in [-0.2, -0.15) is 0 Å². The van der Waals surface area contributed by atoms with E-state index in [0.29, 0.717) is 17.5 Å². The molecule has 0 spiro atoms. The summed E-state index contributed by atoms with van der Waals surface area (Å²) in [5, 5.41) is 5.91. The first-order valence-electron chi connectivity index (χ1n) is 6.24. The van der Waals surface area contributed by atoms with Crippen LogP contribution < -0.4 is 21.9 Å². The van der Waals surface area contributed by atoms with Gasteiger partial charge in [-0.05, 0) is 34.6 Å². The van der Waals surface area contributed by atoms with Crippen molar-refractivity contribution in [3.63, 3.8) is 0 Å². The third kappa shape index (κ3) is 4.06. The number of amides is 1. The van der Waals surface area contributed by atoms with E-state index in [-0.39, 0.29) is 18.0 Å². The number of aromatic nitrogens is 2. The average molecular weight is 266 g/mol. The van der Waals surface area contributed by atoms with Crippen molar-refractivity contribution in [2.75, 3.05) is 10.7 Å². The van der Waals surface area contributed by atoms with Crippen molar-refractivity contribution in [2.45, 2.75) is 46.7 Å². The highest BCUT2D eigenvalue weighted by molar-refractivity contribution is 5.84. The Morgan fingerprint density at radius 3 is 2.26 bits per heavy atom. The second-order valence-electron chi connectivity index (χ2n) is 4.77. The lowest BCUT2D eigenvalue weighted by atomic mass is 10.2. The second kappa shape index (κ2) is 6.33. The zero-order valence-corrected chi connectivity index (χ0v) is 12.0. The molecule has 0 saturated carbocycles. The molecule has 0 saturated heterocycles. The second-order valence-corrected chi connectivity index (χ2v) is 4.77. The number of nitrogens with zero attached hydrogens (tertiary/aromatic N) is 2. The highest BCUT2D eigenvalue weighted by Gasteiger charge is 2.16. The molecule has 7 nitrogen and oxygen atoms in total. The summed E-state index contributed by atoms with van der Waals surface area (Å²) in [6, 6.07) is -0.285. The quantitative estimate of drug-likeness (QED) is 0.462. The standard InChI is InChI=1S/C12H22N6O/c1-6(2)14-12(19)8(4)15-10-7(3)11(18-13)17-9(5)16-10/h6,8H,13H2,1-5H3,(H,14,19)(H2,15,16,17,18). The summed E-state index contributed by atoms with van der Waals surface area (Å²) in [6.07, 6.45) is 0. The van der Waals surface area contributed by atoms with Gasteiger partial charge in [-0.25, -0.2) is 15.8 Å². The molecule has 1 atom stereocenters. The van der Waals surface area contributed by atoms with Crippen molar-refractivity contribution in [3.05, 3.63) is 11.4 Å². The molecule has 19 heavy (non-hydrogen) atoms. The number of anilines is 2. The molecular formula is C12H22N6O. The first-order chi connectivity index (χ1) is 8.85. The monoisotopic (exact) mass is 266 g/mol. The molecule has 5 N–H and O–H groups in total. The van der Waals surface area contributed by atoms with Crippen LogP contribution in [-0.4, -0.2) is 28.0 Å². The van der Waals surface area contributed by atoms with E-state index in [4.69, 9.17) is 5.84 Å². The lowest BCUT2D eigenvalue weighted by molar-refractivity contribution is -0.122. The van der Waals surface area contributed by atoms with Crippen LogP contribution >= 0.6 is 0 Å². The minimum atomic E-state index is -0.388. The maximum absolute atomic E-state index is 11.9. The van der Waals surface area contributed by atoms with Crippen LogP contribution in [0.3, 0.4) is 0 Å². The van der Waals surface area contributed by atoms with Crippen molar-refractivity contribution >= 4 is 17.5 Å². The molecule has 1 aromatic heterocycles. The maximum Gasteiger partial charge on any atom is 0.242 e. The normalized spacial score (nSPS) is 12.2. The van der Waals surface area contributed by atoms with E-state index in [9.17, 15) is 4.79 Å². The highest BCUT2D eigenvalue weighted by Crippen LogP contribution is 2.19. The first-order valence-corrected chi connectivity index (χ1v) is 6.24. The van der Waals surface area contributed by atoms with Gasteiger partial charge in [0.2, 0.25) is 5.91 Å². The number of aryl methyl sites for hydroxylation is 1. The van der Waals surface area contributed by atoms with Gasteiger partial charge in [0.1, 0.15) is 23.5 Å². The molecule has 1 aromatic rings. The van der Waals surface area contributed by atoms with Crippen LogP contribution in [0.15, 0.2) is 0 Å². The number of rotatable bonds is 5. The molecule has 1 amide bonds. The fraction of sp³-hybridized carbons (Fsp3) is 0.583. The number of carbonyl (C=O) groups is 1. The number of hydrazine groups is 1. The topological polar surface area (TPSA) is 105 Å². The van der Waals surface area contributed by atoms with Crippen molar-refractivity contribution in [3.8, 4) is 0 Å². The number of nitrogen functional groups attached to an aromatic ring is 1. The van der Waals surface area contributed by atoms with Gasteiger partial charge in [-0.1, -0.05) is 0 Å². The SMILES string of the molecule is Cc1nc(NN)c(C)c(NC(C)C(=O)NC(C)C)n1. The van der Waals surface area contributed by atoms with E-state index < -0.39 is 0 Å². The minimum absolute atomic E-state index is 0.0760. The summed E-state index contributed by atoms with van der Waals surface area (Å²) < 4.78 is 0. The van der Waals surface area contributed by atoms with Crippen molar-refractivity contribution < 1.29 is 4.79 Å².